The second-order valence-electron chi connectivity index (χ2n) is 7.08. The van der Waals surface area contributed by atoms with Crippen LogP contribution in [-0.4, -0.2) is 23.5 Å². The topological polar surface area (TPSA) is 111 Å². The van der Waals surface area contributed by atoms with Gasteiger partial charge in [-0.15, -0.1) is 0 Å². The van der Waals surface area contributed by atoms with Crippen molar-refractivity contribution in [2.75, 3.05) is 0 Å². The van der Waals surface area contributed by atoms with E-state index in [1.165, 1.54) is 0 Å². The number of rotatable bonds is 3. The first-order chi connectivity index (χ1) is 11.1. The van der Waals surface area contributed by atoms with E-state index in [9.17, 15) is 14.4 Å². The van der Waals surface area contributed by atoms with Crippen LogP contribution in [0.4, 0.5) is 4.79 Å². The Hall–Kier alpha value is -2.57. The van der Waals surface area contributed by atoms with E-state index in [1.807, 2.05) is 20.8 Å². The number of benzene rings is 1. The Morgan fingerprint density at radius 3 is 2.21 bits per heavy atom. The van der Waals surface area contributed by atoms with Crippen molar-refractivity contribution in [2.24, 2.45) is 17.1 Å². The maximum atomic E-state index is 12.2. The fourth-order valence-electron chi connectivity index (χ4n) is 2.85. The van der Waals surface area contributed by atoms with Gasteiger partial charge in [0, 0.05) is 16.9 Å². The summed E-state index contributed by atoms with van der Waals surface area (Å²) in [4.78, 5) is 35.2. The second-order valence-corrected chi connectivity index (χ2v) is 7.08. The van der Waals surface area contributed by atoms with E-state index in [-0.39, 0.29) is 17.2 Å². The van der Waals surface area contributed by atoms with E-state index in [2.05, 4.69) is 10.9 Å². The van der Waals surface area contributed by atoms with Gasteiger partial charge in [-0.05, 0) is 25.0 Å². The predicted octanol–water partition coefficient (Wildman–Crippen LogP) is 1.74. The SMILES string of the molecule is CC(C)(C)[C@]1(OC(N)=O)C[C@H](C(=O)NNC(=O)c2ccccc2)C1. The van der Waals surface area contributed by atoms with Crippen LogP contribution in [0.5, 0.6) is 0 Å². The number of carbonyl (C=O) groups excluding carboxylic acids is 3. The van der Waals surface area contributed by atoms with Crippen LogP contribution >= 0.6 is 0 Å². The van der Waals surface area contributed by atoms with E-state index in [1.54, 1.807) is 30.3 Å². The van der Waals surface area contributed by atoms with Gasteiger partial charge in [0.05, 0.1) is 0 Å². The van der Waals surface area contributed by atoms with E-state index < -0.39 is 17.6 Å². The van der Waals surface area contributed by atoms with Gasteiger partial charge in [-0.25, -0.2) is 4.79 Å². The van der Waals surface area contributed by atoms with Gasteiger partial charge in [0.15, 0.2) is 0 Å². The van der Waals surface area contributed by atoms with Crippen molar-refractivity contribution in [1.29, 1.82) is 0 Å². The lowest BCUT2D eigenvalue weighted by molar-refractivity contribution is -0.164. The van der Waals surface area contributed by atoms with E-state index in [0.29, 0.717) is 18.4 Å². The molecular weight excluding hydrogens is 310 g/mol. The summed E-state index contributed by atoms with van der Waals surface area (Å²) in [5.74, 6) is -1.05. The molecular formula is C17H23N3O4. The monoisotopic (exact) mass is 333 g/mol. The van der Waals surface area contributed by atoms with Gasteiger partial charge in [0.2, 0.25) is 5.91 Å². The number of nitrogens with two attached hydrogens (primary N) is 1. The summed E-state index contributed by atoms with van der Waals surface area (Å²) < 4.78 is 5.29. The van der Waals surface area contributed by atoms with Crippen molar-refractivity contribution in [3.05, 3.63) is 35.9 Å². The van der Waals surface area contributed by atoms with Gasteiger partial charge < -0.3 is 10.5 Å². The lowest BCUT2D eigenvalue weighted by Gasteiger charge is -2.53. The highest BCUT2D eigenvalue weighted by Gasteiger charge is 2.57. The molecule has 0 heterocycles. The molecule has 0 radical (unpaired) electrons. The molecule has 1 saturated carbocycles. The number of hydrazine groups is 1. The third kappa shape index (κ3) is 3.67. The lowest BCUT2D eigenvalue weighted by Crippen LogP contribution is -2.61. The minimum absolute atomic E-state index is 0.313. The molecule has 0 spiro atoms. The third-order valence-corrected chi connectivity index (χ3v) is 4.52. The first kappa shape index (κ1) is 17.8. The fraction of sp³-hybridized carbons (Fsp3) is 0.471. The van der Waals surface area contributed by atoms with Gasteiger partial charge in [-0.3, -0.25) is 20.4 Å². The number of primary amides is 1. The molecule has 4 N–H and O–H groups in total. The summed E-state index contributed by atoms with van der Waals surface area (Å²) in [5.41, 5.74) is 9.30. The summed E-state index contributed by atoms with van der Waals surface area (Å²) in [5, 5.41) is 0. The average Bonchev–Trinajstić information content (AvgIpc) is 2.47. The smallest absolute Gasteiger partial charge is 0.405 e. The molecule has 7 heteroatoms. The number of amides is 3. The number of nitrogens with one attached hydrogen (secondary N) is 2. The molecule has 0 saturated heterocycles. The van der Waals surface area contributed by atoms with Gasteiger partial charge in [0.1, 0.15) is 5.60 Å². The average molecular weight is 333 g/mol. The maximum Gasteiger partial charge on any atom is 0.405 e. The van der Waals surface area contributed by atoms with E-state index >= 15 is 0 Å². The molecule has 0 atom stereocenters. The van der Waals surface area contributed by atoms with Gasteiger partial charge in [-0.2, -0.15) is 0 Å². The zero-order valence-electron chi connectivity index (χ0n) is 14.1. The summed E-state index contributed by atoms with van der Waals surface area (Å²) in [6, 6.07) is 8.57. The Bertz CT molecular complexity index is 631. The molecule has 1 aliphatic carbocycles. The van der Waals surface area contributed by atoms with Crippen molar-refractivity contribution in [3.8, 4) is 0 Å². The van der Waals surface area contributed by atoms with Crippen LogP contribution in [-0.2, 0) is 9.53 Å². The summed E-state index contributed by atoms with van der Waals surface area (Å²) in [6.45, 7) is 5.80. The normalized spacial score (nSPS) is 22.9. The quantitative estimate of drug-likeness (QED) is 0.732. The van der Waals surface area contributed by atoms with Crippen molar-refractivity contribution >= 4 is 17.9 Å². The maximum absolute atomic E-state index is 12.2. The highest BCUT2D eigenvalue weighted by atomic mass is 16.6. The second kappa shape index (κ2) is 6.51. The molecule has 1 aromatic carbocycles. The van der Waals surface area contributed by atoms with Crippen LogP contribution in [0.2, 0.25) is 0 Å². The molecule has 1 aliphatic rings. The number of hydrogen-bond acceptors (Lipinski definition) is 4. The summed E-state index contributed by atoms with van der Waals surface area (Å²) in [6.07, 6.45) is -0.111. The van der Waals surface area contributed by atoms with E-state index in [4.69, 9.17) is 10.5 Å². The largest absolute Gasteiger partial charge is 0.442 e. The zero-order chi connectivity index (χ0) is 18.0. The lowest BCUT2D eigenvalue weighted by atomic mass is 9.58. The molecule has 0 unspecified atom stereocenters. The van der Waals surface area contributed by atoms with Crippen molar-refractivity contribution in [2.45, 2.75) is 39.2 Å². The third-order valence-electron chi connectivity index (χ3n) is 4.52. The first-order valence-electron chi connectivity index (χ1n) is 7.78. The molecule has 0 aliphatic heterocycles. The zero-order valence-corrected chi connectivity index (χ0v) is 14.1. The van der Waals surface area contributed by atoms with E-state index in [0.717, 1.165) is 0 Å². The highest BCUT2D eigenvalue weighted by Crippen LogP contribution is 2.51. The fourth-order valence-corrected chi connectivity index (χ4v) is 2.85. The molecule has 1 aromatic rings. The molecule has 7 nitrogen and oxygen atoms in total. The van der Waals surface area contributed by atoms with Crippen LogP contribution in [0.25, 0.3) is 0 Å². The van der Waals surface area contributed by atoms with Gasteiger partial charge in [0.25, 0.3) is 5.91 Å². The molecule has 1 fully saturated rings. The first-order valence-corrected chi connectivity index (χ1v) is 7.78. The molecule has 0 bridgehead atoms. The minimum atomic E-state index is -0.846. The van der Waals surface area contributed by atoms with Crippen LogP contribution < -0.4 is 16.6 Å². The molecule has 0 aromatic heterocycles. The van der Waals surface area contributed by atoms with Crippen molar-refractivity contribution in [3.63, 3.8) is 0 Å². The van der Waals surface area contributed by atoms with Crippen LogP contribution in [0.3, 0.4) is 0 Å². The molecule has 2 rings (SSSR count). The standard InChI is InChI=1S/C17H23N3O4/c1-16(2,3)17(24-15(18)23)9-12(10-17)14(22)20-19-13(21)11-7-5-4-6-8-11/h4-8,12H,9-10H2,1-3H3,(H2,18,23)(H,19,21)(H,20,22)/t12-,17-. The number of carbonyl (C=O) groups is 3. The van der Waals surface area contributed by atoms with Crippen LogP contribution in [0.15, 0.2) is 30.3 Å². The Morgan fingerprint density at radius 2 is 1.71 bits per heavy atom. The Balaban J connectivity index is 1.89. The van der Waals surface area contributed by atoms with Gasteiger partial charge >= 0.3 is 6.09 Å². The minimum Gasteiger partial charge on any atom is -0.442 e. The number of hydrogen-bond donors (Lipinski definition) is 3. The highest BCUT2D eigenvalue weighted by molar-refractivity contribution is 5.95. The summed E-state index contributed by atoms with van der Waals surface area (Å²) >= 11 is 0. The molecule has 130 valence electrons. The Labute approximate surface area is 140 Å². The Kier molecular flexibility index (Phi) is 4.82. The van der Waals surface area contributed by atoms with Gasteiger partial charge in [-0.1, -0.05) is 39.0 Å². The molecule has 24 heavy (non-hydrogen) atoms. The van der Waals surface area contributed by atoms with Crippen molar-refractivity contribution in [1.82, 2.24) is 10.9 Å². The van der Waals surface area contributed by atoms with Crippen molar-refractivity contribution < 1.29 is 19.1 Å². The van der Waals surface area contributed by atoms with Crippen LogP contribution in [0.1, 0.15) is 44.0 Å². The van der Waals surface area contributed by atoms with Crippen LogP contribution in [0, 0.1) is 11.3 Å². The number of ether oxygens (including phenoxy) is 1. The Morgan fingerprint density at radius 1 is 1.12 bits per heavy atom. The summed E-state index contributed by atoms with van der Waals surface area (Å²) in [7, 11) is 0. The predicted molar refractivity (Wildman–Crippen MR) is 87.6 cm³/mol. The molecule has 3 amide bonds.